The van der Waals surface area contributed by atoms with Crippen molar-refractivity contribution in [1.82, 2.24) is 9.80 Å². The molecule has 4 heteroatoms. The van der Waals surface area contributed by atoms with E-state index < -0.39 is 0 Å². The SMILES string of the molecule is O=C(CCc1ccccc1)N(CCCN1CCc2ccccc2C1)C1CCOCC1. The average molecular weight is 407 g/mol. The molecule has 0 bridgehead atoms. The maximum absolute atomic E-state index is 13.1. The first-order chi connectivity index (χ1) is 14.8. The Kier molecular flexibility index (Phi) is 7.54. The number of carbonyl (C=O) groups is 1. The van der Waals surface area contributed by atoms with Crippen molar-refractivity contribution < 1.29 is 9.53 Å². The molecule has 2 aromatic carbocycles. The molecule has 0 aromatic heterocycles. The molecular weight excluding hydrogens is 372 g/mol. The van der Waals surface area contributed by atoms with E-state index in [0.29, 0.717) is 18.4 Å². The molecule has 0 radical (unpaired) electrons. The number of hydrogen-bond donors (Lipinski definition) is 0. The topological polar surface area (TPSA) is 32.8 Å². The summed E-state index contributed by atoms with van der Waals surface area (Å²) >= 11 is 0. The van der Waals surface area contributed by atoms with Gasteiger partial charge in [-0.15, -0.1) is 0 Å². The molecule has 2 aliphatic rings. The smallest absolute Gasteiger partial charge is 0.223 e. The summed E-state index contributed by atoms with van der Waals surface area (Å²) in [5.74, 6) is 0.301. The molecule has 1 fully saturated rings. The van der Waals surface area contributed by atoms with Crippen LogP contribution in [-0.2, 0) is 28.9 Å². The maximum Gasteiger partial charge on any atom is 0.223 e. The zero-order chi connectivity index (χ0) is 20.6. The second-order valence-electron chi connectivity index (χ2n) is 8.56. The third-order valence-electron chi connectivity index (χ3n) is 6.51. The van der Waals surface area contributed by atoms with E-state index in [0.717, 1.165) is 71.5 Å². The Hall–Kier alpha value is -2.17. The standard InChI is InChI=1S/C26H34N2O2/c29-26(12-11-22-7-2-1-3-8-22)28(25-14-19-30-20-15-25)17-6-16-27-18-13-23-9-4-5-10-24(23)21-27/h1-5,7-10,25H,6,11-21H2. The number of benzene rings is 2. The van der Waals surface area contributed by atoms with Crippen LogP contribution in [0.5, 0.6) is 0 Å². The minimum Gasteiger partial charge on any atom is -0.381 e. The van der Waals surface area contributed by atoms with Gasteiger partial charge in [-0.25, -0.2) is 0 Å². The third-order valence-corrected chi connectivity index (χ3v) is 6.51. The lowest BCUT2D eigenvalue weighted by atomic mass is 10.00. The van der Waals surface area contributed by atoms with Crippen LogP contribution >= 0.6 is 0 Å². The number of fused-ring (bicyclic) bond motifs is 1. The van der Waals surface area contributed by atoms with Crippen molar-refractivity contribution in [2.75, 3.05) is 32.8 Å². The summed E-state index contributed by atoms with van der Waals surface area (Å²) < 4.78 is 5.55. The van der Waals surface area contributed by atoms with Crippen molar-refractivity contribution in [2.24, 2.45) is 0 Å². The second-order valence-corrected chi connectivity index (χ2v) is 8.56. The fourth-order valence-electron chi connectivity index (χ4n) is 4.76. The van der Waals surface area contributed by atoms with Gasteiger partial charge in [0.15, 0.2) is 0 Å². The zero-order valence-electron chi connectivity index (χ0n) is 18.0. The largest absolute Gasteiger partial charge is 0.381 e. The van der Waals surface area contributed by atoms with E-state index in [2.05, 4.69) is 46.2 Å². The molecule has 0 N–H and O–H groups in total. The number of aryl methyl sites for hydroxylation is 1. The van der Waals surface area contributed by atoms with Gasteiger partial charge in [-0.3, -0.25) is 9.69 Å². The van der Waals surface area contributed by atoms with Crippen molar-refractivity contribution in [3.63, 3.8) is 0 Å². The Morgan fingerprint density at radius 2 is 1.73 bits per heavy atom. The van der Waals surface area contributed by atoms with Crippen LogP contribution in [0.3, 0.4) is 0 Å². The first-order valence-electron chi connectivity index (χ1n) is 11.5. The molecule has 1 saturated heterocycles. The van der Waals surface area contributed by atoms with Crippen molar-refractivity contribution in [3.05, 3.63) is 71.3 Å². The lowest BCUT2D eigenvalue weighted by Gasteiger charge is -2.35. The van der Waals surface area contributed by atoms with Crippen molar-refractivity contribution in [1.29, 1.82) is 0 Å². The molecule has 4 nitrogen and oxygen atoms in total. The highest BCUT2D eigenvalue weighted by Gasteiger charge is 2.25. The van der Waals surface area contributed by atoms with Gasteiger partial charge in [-0.2, -0.15) is 0 Å². The molecule has 2 aromatic rings. The van der Waals surface area contributed by atoms with Gasteiger partial charge in [-0.1, -0.05) is 54.6 Å². The molecule has 0 atom stereocenters. The van der Waals surface area contributed by atoms with Gasteiger partial charge in [0.25, 0.3) is 0 Å². The Bertz CT molecular complexity index is 802. The second kappa shape index (κ2) is 10.7. The molecule has 30 heavy (non-hydrogen) atoms. The first-order valence-corrected chi connectivity index (χ1v) is 11.5. The van der Waals surface area contributed by atoms with Gasteiger partial charge >= 0.3 is 0 Å². The van der Waals surface area contributed by atoms with Gasteiger partial charge in [0.2, 0.25) is 5.91 Å². The highest BCUT2D eigenvalue weighted by Crippen LogP contribution is 2.20. The fourth-order valence-corrected chi connectivity index (χ4v) is 4.76. The monoisotopic (exact) mass is 406 g/mol. The summed E-state index contributed by atoms with van der Waals surface area (Å²) in [6.07, 6.45) is 5.52. The summed E-state index contributed by atoms with van der Waals surface area (Å²) in [5, 5.41) is 0. The Labute approximate surface area is 180 Å². The molecule has 0 saturated carbocycles. The van der Waals surface area contributed by atoms with Crippen LogP contribution in [0.2, 0.25) is 0 Å². The van der Waals surface area contributed by atoms with Crippen LogP contribution in [0.25, 0.3) is 0 Å². The molecule has 0 aliphatic carbocycles. The van der Waals surface area contributed by atoms with Crippen LogP contribution in [0.4, 0.5) is 0 Å². The first kappa shape index (κ1) is 21.1. The Morgan fingerprint density at radius 1 is 1.00 bits per heavy atom. The van der Waals surface area contributed by atoms with Crippen LogP contribution < -0.4 is 0 Å². The number of amides is 1. The molecule has 0 unspecified atom stereocenters. The summed E-state index contributed by atoms with van der Waals surface area (Å²) in [6.45, 7) is 5.62. The lowest BCUT2D eigenvalue weighted by molar-refractivity contribution is -0.135. The normalized spacial score (nSPS) is 17.5. The number of rotatable bonds is 8. The lowest BCUT2D eigenvalue weighted by Crippen LogP contribution is -2.45. The van der Waals surface area contributed by atoms with Crippen LogP contribution in [0.15, 0.2) is 54.6 Å². The molecule has 1 amide bonds. The van der Waals surface area contributed by atoms with E-state index in [9.17, 15) is 4.79 Å². The highest BCUT2D eigenvalue weighted by atomic mass is 16.5. The molecule has 4 rings (SSSR count). The van der Waals surface area contributed by atoms with Crippen molar-refractivity contribution in [3.8, 4) is 0 Å². The Morgan fingerprint density at radius 3 is 2.53 bits per heavy atom. The summed E-state index contributed by atoms with van der Waals surface area (Å²) in [4.78, 5) is 17.8. The number of nitrogens with zero attached hydrogens (tertiary/aromatic N) is 2. The molecule has 160 valence electrons. The van der Waals surface area contributed by atoms with E-state index >= 15 is 0 Å². The fraction of sp³-hybridized carbons (Fsp3) is 0.500. The van der Waals surface area contributed by atoms with E-state index in [-0.39, 0.29) is 0 Å². The molecule has 2 heterocycles. The minimum absolute atomic E-state index is 0.301. The zero-order valence-corrected chi connectivity index (χ0v) is 18.0. The van der Waals surface area contributed by atoms with Crippen molar-refractivity contribution in [2.45, 2.75) is 51.1 Å². The van der Waals surface area contributed by atoms with Gasteiger partial charge in [0.05, 0.1) is 0 Å². The third kappa shape index (κ3) is 5.71. The summed E-state index contributed by atoms with van der Waals surface area (Å²) in [5.41, 5.74) is 4.20. The van der Waals surface area contributed by atoms with E-state index in [4.69, 9.17) is 4.74 Å². The molecule has 0 spiro atoms. The molecular formula is C26H34N2O2. The summed E-state index contributed by atoms with van der Waals surface area (Å²) in [6, 6.07) is 19.5. The maximum atomic E-state index is 13.1. The average Bonchev–Trinajstić information content (AvgIpc) is 2.81. The van der Waals surface area contributed by atoms with Crippen molar-refractivity contribution >= 4 is 5.91 Å². The van der Waals surface area contributed by atoms with E-state index in [1.807, 2.05) is 18.2 Å². The predicted molar refractivity (Wildman–Crippen MR) is 120 cm³/mol. The molecule has 2 aliphatic heterocycles. The number of ether oxygens (including phenoxy) is 1. The van der Waals surface area contributed by atoms with Crippen LogP contribution in [0.1, 0.15) is 42.4 Å². The van der Waals surface area contributed by atoms with Crippen LogP contribution in [0, 0.1) is 0 Å². The van der Waals surface area contributed by atoms with Gasteiger partial charge in [-0.05, 0) is 48.8 Å². The van der Waals surface area contributed by atoms with E-state index in [1.165, 1.54) is 16.7 Å². The quantitative estimate of drug-likeness (QED) is 0.662. The highest BCUT2D eigenvalue weighted by molar-refractivity contribution is 5.76. The Balaban J connectivity index is 1.30. The van der Waals surface area contributed by atoms with Gasteiger partial charge in [0, 0.05) is 51.9 Å². The van der Waals surface area contributed by atoms with Gasteiger partial charge < -0.3 is 9.64 Å². The summed E-state index contributed by atoms with van der Waals surface area (Å²) in [7, 11) is 0. The van der Waals surface area contributed by atoms with E-state index in [1.54, 1.807) is 0 Å². The number of carbonyl (C=O) groups excluding carboxylic acids is 1. The number of hydrogen-bond acceptors (Lipinski definition) is 3. The predicted octanol–water partition coefficient (Wildman–Crippen LogP) is 4.08. The van der Waals surface area contributed by atoms with Crippen LogP contribution in [-0.4, -0.2) is 54.6 Å². The van der Waals surface area contributed by atoms with Gasteiger partial charge in [0.1, 0.15) is 0 Å². The minimum atomic E-state index is 0.301.